The van der Waals surface area contributed by atoms with Gasteiger partial charge in [0.15, 0.2) is 9.84 Å². The molecule has 2 atom stereocenters. The van der Waals surface area contributed by atoms with Gasteiger partial charge in [-0.1, -0.05) is 0 Å². The number of carbonyl (C=O) groups is 2. The molecule has 0 aromatic carbocycles. The zero-order chi connectivity index (χ0) is 20.8. The Labute approximate surface area is 175 Å². The first-order valence-electron chi connectivity index (χ1n) is 10.2. The Morgan fingerprint density at radius 1 is 1.21 bits per heavy atom. The third kappa shape index (κ3) is 4.21. The summed E-state index contributed by atoms with van der Waals surface area (Å²) in [5.41, 5.74) is 7.07. The Morgan fingerprint density at radius 3 is 2.55 bits per heavy atom. The molecule has 2 saturated heterocycles. The van der Waals surface area contributed by atoms with E-state index in [1.165, 1.54) is 11.3 Å². The Balaban J connectivity index is 1.36. The standard InChI is InChI=1S/C19H28N4O4S2/c1-12(22-6-8-23(9-7-22)13-5-10-29(26,27)11-13)18(25)21-19-16(17(20)24)14-3-2-4-15(14)28-19/h12-13H,2-11H2,1H3,(H2,20,24)(H,21,25)/t12-,13-/m1/s1. The maximum atomic E-state index is 12.8. The molecule has 1 aromatic rings. The van der Waals surface area contributed by atoms with Crippen LogP contribution in [0.4, 0.5) is 5.00 Å². The van der Waals surface area contributed by atoms with Crippen molar-refractivity contribution in [3.8, 4) is 0 Å². The second-order valence-corrected chi connectivity index (χ2v) is 11.6. The molecule has 0 unspecified atom stereocenters. The fourth-order valence-corrected chi connectivity index (χ4v) is 7.75. The van der Waals surface area contributed by atoms with E-state index >= 15 is 0 Å². The first-order valence-corrected chi connectivity index (χ1v) is 12.8. The first-order chi connectivity index (χ1) is 13.7. The van der Waals surface area contributed by atoms with Gasteiger partial charge in [-0.05, 0) is 38.2 Å². The number of sulfone groups is 1. The number of amides is 2. The lowest BCUT2D eigenvalue weighted by Gasteiger charge is -2.39. The number of nitrogens with zero attached hydrogens (tertiary/aromatic N) is 2. The van der Waals surface area contributed by atoms with E-state index in [9.17, 15) is 18.0 Å². The number of hydrogen-bond acceptors (Lipinski definition) is 7. The summed E-state index contributed by atoms with van der Waals surface area (Å²) in [4.78, 5) is 30.3. The molecular weight excluding hydrogens is 412 g/mol. The Bertz CT molecular complexity index is 919. The number of nitrogens with two attached hydrogens (primary N) is 1. The summed E-state index contributed by atoms with van der Waals surface area (Å²) >= 11 is 1.47. The lowest BCUT2D eigenvalue weighted by atomic mass is 10.1. The molecular formula is C19H28N4O4S2. The zero-order valence-electron chi connectivity index (χ0n) is 16.6. The van der Waals surface area contributed by atoms with Crippen molar-refractivity contribution < 1.29 is 18.0 Å². The van der Waals surface area contributed by atoms with Gasteiger partial charge in [-0.15, -0.1) is 11.3 Å². The van der Waals surface area contributed by atoms with Gasteiger partial charge in [-0.2, -0.15) is 0 Å². The van der Waals surface area contributed by atoms with Gasteiger partial charge in [0, 0.05) is 37.1 Å². The van der Waals surface area contributed by atoms with Crippen molar-refractivity contribution >= 4 is 38.0 Å². The van der Waals surface area contributed by atoms with Crippen molar-refractivity contribution in [1.82, 2.24) is 9.80 Å². The van der Waals surface area contributed by atoms with E-state index in [0.29, 0.717) is 17.0 Å². The molecule has 2 fully saturated rings. The number of aryl methyl sites for hydroxylation is 1. The summed E-state index contributed by atoms with van der Waals surface area (Å²) in [5.74, 6) is -0.0807. The zero-order valence-corrected chi connectivity index (χ0v) is 18.3. The topological polar surface area (TPSA) is 113 Å². The van der Waals surface area contributed by atoms with Gasteiger partial charge in [0.25, 0.3) is 5.91 Å². The van der Waals surface area contributed by atoms with Crippen LogP contribution in [0.15, 0.2) is 0 Å². The van der Waals surface area contributed by atoms with E-state index in [1.807, 2.05) is 6.92 Å². The third-order valence-electron chi connectivity index (χ3n) is 6.41. The number of carbonyl (C=O) groups excluding carboxylic acids is 2. The summed E-state index contributed by atoms with van der Waals surface area (Å²) < 4.78 is 23.4. The minimum atomic E-state index is -2.89. The molecule has 4 rings (SSSR count). The highest BCUT2D eigenvalue weighted by atomic mass is 32.2. The van der Waals surface area contributed by atoms with Crippen LogP contribution in [-0.2, 0) is 27.5 Å². The molecule has 29 heavy (non-hydrogen) atoms. The average molecular weight is 441 g/mol. The van der Waals surface area contributed by atoms with E-state index < -0.39 is 15.7 Å². The van der Waals surface area contributed by atoms with E-state index in [1.54, 1.807) is 0 Å². The number of fused-ring (bicyclic) bond motifs is 1. The van der Waals surface area contributed by atoms with Crippen molar-refractivity contribution in [3.05, 3.63) is 16.0 Å². The third-order valence-corrected chi connectivity index (χ3v) is 9.36. The second kappa shape index (κ2) is 7.98. The fourth-order valence-electron chi connectivity index (χ4n) is 4.69. The van der Waals surface area contributed by atoms with Crippen molar-refractivity contribution in [2.45, 2.75) is 44.7 Å². The van der Waals surface area contributed by atoms with Crippen LogP contribution in [0.3, 0.4) is 0 Å². The maximum Gasteiger partial charge on any atom is 0.251 e. The van der Waals surface area contributed by atoms with Crippen LogP contribution in [0.25, 0.3) is 0 Å². The molecule has 2 aliphatic heterocycles. The molecule has 3 N–H and O–H groups in total. The minimum Gasteiger partial charge on any atom is -0.365 e. The molecule has 1 aliphatic carbocycles. The van der Waals surface area contributed by atoms with E-state index in [0.717, 1.165) is 55.9 Å². The van der Waals surface area contributed by atoms with Crippen molar-refractivity contribution in [1.29, 1.82) is 0 Å². The number of primary amides is 1. The van der Waals surface area contributed by atoms with Crippen LogP contribution in [0.5, 0.6) is 0 Å². The molecule has 2 amide bonds. The van der Waals surface area contributed by atoms with Gasteiger partial charge in [0.2, 0.25) is 5.91 Å². The van der Waals surface area contributed by atoms with Crippen LogP contribution >= 0.6 is 11.3 Å². The molecule has 0 saturated carbocycles. The lowest BCUT2D eigenvalue weighted by molar-refractivity contribution is -0.121. The van der Waals surface area contributed by atoms with Gasteiger partial charge < -0.3 is 11.1 Å². The van der Waals surface area contributed by atoms with Gasteiger partial charge in [0.05, 0.1) is 23.1 Å². The van der Waals surface area contributed by atoms with Gasteiger partial charge >= 0.3 is 0 Å². The summed E-state index contributed by atoms with van der Waals surface area (Å²) in [7, 11) is -2.89. The SMILES string of the molecule is C[C@H](C(=O)Nc1sc2c(c1C(N)=O)CCC2)N1CCN([C@@H]2CCS(=O)(=O)C2)CC1. The monoisotopic (exact) mass is 440 g/mol. The van der Waals surface area contributed by atoms with E-state index in [-0.39, 0.29) is 29.5 Å². The lowest BCUT2D eigenvalue weighted by Crippen LogP contribution is -2.55. The van der Waals surface area contributed by atoms with Gasteiger partial charge in [-0.25, -0.2) is 8.42 Å². The Kier molecular flexibility index (Phi) is 5.71. The van der Waals surface area contributed by atoms with Gasteiger partial charge in [0.1, 0.15) is 5.00 Å². The fraction of sp³-hybridized carbons (Fsp3) is 0.684. The maximum absolute atomic E-state index is 12.8. The number of nitrogens with one attached hydrogen (secondary N) is 1. The number of rotatable bonds is 5. The smallest absolute Gasteiger partial charge is 0.251 e. The Morgan fingerprint density at radius 2 is 1.93 bits per heavy atom. The average Bonchev–Trinajstić information content (AvgIpc) is 3.34. The van der Waals surface area contributed by atoms with Crippen molar-refractivity contribution in [2.75, 3.05) is 43.0 Å². The van der Waals surface area contributed by atoms with E-state index in [2.05, 4.69) is 15.1 Å². The van der Waals surface area contributed by atoms with Crippen molar-refractivity contribution in [3.63, 3.8) is 0 Å². The predicted molar refractivity (Wildman–Crippen MR) is 113 cm³/mol. The highest BCUT2D eigenvalue weighted by molar-refractivity contribution is 7.91. The molecule has 1 aromatic heterocycles. The molecule has 0 radical (unpaired) electrons. The summed E-state index contributed by atoms with van der Waals surface area (Å²) in [6.45, 7) is 4.83. The van der Waals surface area contributed by atoms with Crippen LogP contribution in [-0.4, -0.2) is 79.8 Å². The van der Waals surface area contributed by atoms with E-state index in [4.69, 9.17) is 5.73 Å². The summed E-state index contributed by atoms with van der Waals surface area (Å²) in [6.07, 6.45) is 3.51. The number of piperazine rings is 1. The summed E-state index contributed by atoms with van der Waals surface area (Å²) in [6, 6.07) is -0.222. The minimum absolute atomic E-state index is 0.109. The number of thiophene rings is 1. The molecule has 3 heterocycles. The molecule has 3 aliphatic rings. The molecule has 0 spiro atoms. The van der Waals surface area contributed by atoms with Crippen LogP contribution in [0.1, 0.15) is 40.6 Å². The predicted octanol–water partition coefficient (Wildman–Crippen LogP) is 0.467. The van der Waals surface area contributed by atoms with Crippen LogP contribution in [0, 0.1) is 0 Å². The first kappa shape index (κ1) is 20.8. The normalized spacial score (nSPS) is 25.6. The van der Waals surface area contributed by atoms with Gasteiger partial charge in [-0.3, -0.25) is 19.4 Å². The highest BCUT2D eigenvalue weighted by Gasteiger charge is 2.35. The van der Waals surface area contributed by atoms with Crippen LogP contribution in [0.2, 0.25) is 0 Å². The van der Waals surface area contributed by atoms with Crippen LogP contribution < -0.4 is 11.1 Å². The molecule has 10 heteroatoms. The number of hydrogen-bond donors (Lipinski definition) is 2. The van der Waals surface area contributed by atoms with Crippen molar-refractivity contribution in [2.24, 2.45) is 5.73 Å². The molecule has 8 nitrogen and oxygen atoms in total. The highest BCUT2D eigenvalue weighted by Crippen LogP contribution is 2.39. The summed E-state index contributed by atoms with van der Waals surface area (Å²) in [5, 5.41) is 3.52. The second-order valence-electron chi connectivity index (χ2n) is 8.22. The number of anilines is 1. The largest absolute Gasteiger partial charge is 0.365 e. The molecule has 0 bridgehead atoms. The quantitative estimate of drug-likeness (QED) is 0.688. The molecule has 160 valence electrons. The Hall–Kier alpha value is -1.49.